The quantitative estimate of drug-likeness (QED) is 0.106. The number of hydrogen-bond donors (Lipinski definition) is 2. The third-order valence-corrected chi connectivity index (χ3v) is 6.03. The van der Waals surface area contributed by atoms with Gasteiger partial charge in [0.25, 0.3) is 17.5 Å². The van der Waals surface area contributed by atoms with Crippen LogP contribution in [0.15, 0.2) is 115 Å². The fourth-order valence-electron chi connectivity index (χ4n) is 3.59. The van der Waals surface area contributed by atoms with Crippen molar-refractivity contribution in [3.8, 4) is 0 Å². The van der Waals surface area contributed by atoms with Crippen LogP contribution in [0.2, 0.25) is 5.02 Å². The molecule has 0 unspecified atom stereocenters. The number of nitrogens with one attached hydrogen (secondary N) is 2. The number of ketones is 1. The molecule has 40 heavy (non-hydrogen) atoms. The predicted molar refractivity (Wildman–Crippen MR) is 155 cm³/mol. The van der Waals surface area contributed by atoms with Gasteiger partial charge >= 0.3 is 0 Å². The fourth-order valence-corrected chi connectivity index (χ4v) is 3.79. The lowest BCUT2D eigenvalue weighted by Gasteiger charge is -2.12. The summed E-state index contributed by atoms with van der Waals surface area (Å²) in [6.07, 6.45) is 4.46. The largest absolute Gasteiger partial charge is 0.321 e. The number of nitro benzene ring substituents is 1. The number of carbonyl (C=O) groups is 3. The first-order valence-electron chi connectivity index (χ1n) is 12.0. The molecule has 0 atom stereocenters. The first kappa shape index (κ1) is 27.7. The van der Waals surface area contributed by atoms with Crippen molar-refractivity contribution in [3.63, 3.8) is 0 Å². The lowest BCUT2D eigenvalue weighted by atomic mass is 10.1. The number of nitrogens with zero attached hydrogens (tertiary/aromatic N) is 1. The molecule has 4 aromatic rings. The smallest absolute Gasteiger partial charge is 0.272 e. The summed E-state index contributed by atoms with van der Waals surface area (Å²) in [7, 11) is 0. The maximum Gasteiger partial charge on any atom is 0.272 e. The zero-order chi connectivity index (χ0) is 28.5. The van der Waals surface area contributed by atoms with Crippen LogP contribution >= 0.6 is 11.6 Å². The van der Waals surface area contributed by atoms with E-state index in [0.29, 0.717) is 33.0 Å². The van der Waals surface area contributed by atoms with Crippen molar-refractivity contribution in [1.29, 1.82) is 0 Å². The molecule has 2 amide bonds. The van der Waals surface area contributed by atoms with Crippen LogP contribution in [0.1, 0.15) is 31.8 Å². The molecule has 0 aliphatic rings. The summed E-state index contributed by atoms with van der Waals surface area (Å²) >= 11 is 6.12. The first-order chi connectivity index (χ1) is 19.3. The molecule has 0 radical (unpaired) electrons. The topological polar surface area (TPSA) is 118 Å². The molecule has 0 aliphatic carbocycles. The van der Waals surface area contributed by atoms with Crippen LogP contribution in [0.25, 0.3) is 12.2 Å². The van der Waals surface area contributed by atoms with E-state index in [-0.39, 0.29) is 17.2 Å². The molecule has 0 aromatic heterocycles. The Morgan fingerprint density at radius 3 is 2.08 bits per heavy atom. The van der Waals surface area contributed by atoms with Crippen molar-refractivity contribution in [1.82, 2.24) is 5.32 Å². The van der Waals surface area contributed by atoms with Gasteiger partial charge in [0.05, 0.1) is 4.92 Å². The number of benzene rings is 4. The summed E-state index contributed by atoms with van der Waals surface area (Å²) in [5, 5.41) is 16.8. The van der Waals surface area contributed by atoms with E-state index in [1.807, 2.05) is 6.07 Å². The number of hydrogen-bond acceptors (Lipinski definition) is 5. The third kappa shape index (κ3) is 7.37. The molecule has 0 saturated heterocycles. The summed E-state index contributed by atoms with van der Waals surface area (Å²) in [5.41, 5.74) is 2.14. The van der Waals surface area contributed by atoms with E-state index in [2.05, 4.69) is 10.6 Å². The highest BCUT2D eigenvalue weighted by atomic mass is 35.5. The van der Waals surface area contributed by atoms with E-state index < -0.39 is 16.7 Å². The van der Waals surface area contributed by atoms with Crippen LogP contribution in [-0.2, 0) is 4.79 Å². The number of nitro groups is 1. The number of anilines is 1. The highest BCUT2D eigenvalue weighted by Crippen LogP contribution is 2.18. The van der Waals surface area contributed by atoms with Crippen molar-refractivity contribution in [2.45, 2.75) is 0 Å². The zero-order valence-electron chi connectivity index (χ0n) is 20.9. The zero-order valence-corrected chi connectivity index (χ0v) is 21.7. The minimum atomic E-state index is -0.625. The Bertz CT molecular complexity index is 1610. The molecule has 8 nitrogen and oxygen atoms in total. The highest BCUT2D eigenvalue weighted by molar-refractivity contribution is 6.32. The summed E-state index contributed by atoms with van der Waals surface area (Å²) < 4.78 is 0. The molecule has 4 rings (SSSR count). The van der Waals surface area contributed by atoms with Gasteiger partial charge in [-0.3, -0.25) is 24.5 Å². The van der Waals surface area contributed by atoms with E-state index >= 15 is 0 Å². The van der Waals surface area contributed by atoms with Crippen molar-refractivity contribution >= 4 is 52.7 Å². The van der Waals surface area contributed by atoms with Gasteiger partial charge in [0.1, 0.15) is 5.70 Å². The van der Waals surface area contributed by atoms with Gasteiger partial charge in [0.15, 0.2) is 5.78 Å². The van der Waals surface area contributed by atoms with Gasteiger partial charge in [-0.25, -0.2) is 0 Å². The number of rotatable bonds is 9. The van der Waals surface area contributed by atoms with Gasteiger partial charge in [-0.2, -0.15) is 0 Å². The molecule has 9 heteroatoms. The van der Waals surface area contributed by atoms with Crippen LogP contribution in [0, 0.1) is 10.1 Å². The van der Waals surface area contributed by atoms with E-state index in [1.165, 1.54) is 36.4 Å². The molecule has 0 spiro atoms. The number of amides is 2. The molecule has 0 saturated carbocycles. The number of halogens is 1. The van der Waals surface area contributed by atoms with Gasteiger partial charge in [-0.1, -0.05) is 48.0 Å². The third-order valence-electron chi connectivity index (χ3n) is 5.69. The first-order valence-corrected chi connectivity index (χ1v) is 12.4. The predicted octanol–water partition coefficient (Wildman–Crippen LogP) is 6.55. The van der Waals surface area contributed by atoms with Gasteiger partial charge in [-0.15, -0.1) is 0 Å². The Hall–Kier alpha value is -5.34. The Morgan fingerprint density at radius 2 is 1.43 bits per heavy atom. The lowest BCUT2D eigenvalue weighted by Crippen LogP contribution is -2.30. The Balaban J connectivity index is 1.51. The van der Waals surface area contributed by atoms with Gasteiger partial charge in [0, 0.05) is 34.0 Å². The minimum Gasteiger partial charge on any atom is -0.321 e. The lowest BCUT2D eigenvalue weighted by molar-refractivity contribution is -0.384. The maximum absolute atomic E-state index is 13.2. The van der Waals surface area contributed by atoms with E-state index in [1.54, 1.807) is 78.9 Å². The molecule has 2 N–H and O–H groups in total. The molecular weight excluding hydrogens is 530 g/mol. The molecule has 4 aromatic carbocycles. The second-order valence-electron chi connectivity index (χ2n) is 8.48. The molecular formula is C31H22ClN3O5. The molecule has 0 fully saturated rings. The summed E-state index contributed by atoms with van der Waals surface area (Å²) in [6, 6.07) is 27.3. The molecule has 0 aliphatic heterocycles. The molecule has 0 bridgehead atoms. The number of non-ortho nitro benzene ring substituents is 1. The van der Waals surface area contributed by atoms with Crippen LogP contribution in [0.4, 0.5) is 11.4 Å². The number of allylic oxidation sites excluding steroid dienone is 1. The van der Waals surface area contributed by atoms with E-state index in [0.717, 1.165) is 0 Å². The Kier molecular flexibility index (Phi) is 8.96. The number of carbonyl (C=O) groups excluding carboxylic acids is 3. The summed E-state index contributed by atoms with van der Waals surface area (Å²) in [5.74, 6) is -1.37. The van der Waals surface area contributed by atoms with Crippen LogP contribution in [-0.4, -0.2) is 22.5 Å². The van der Waals surface area contributed by atoms with Crippen molar-refractivity contribution in [2.75, 3.05) is 5.32 Å². The minimum absolute atomic E-state index is 0.0782. The standard InChI is InChI=1S/C31H22ClN3O5/c32-27-9-5-4-6-22(27)14-19-29(36)23-12-15-25(16-13-23)33-31(38)28(34-30(37)24-7-2-1-3-8-24)20-21-10-17-26(18-11-21)35(39)40/h1-20H,(H,33,38)(H,34,37)/b19-14+,28-20-. The van der Waals surface area contributed by atoms with Crippen molar-refractivity contribution in [2.24, 2.45) is 0 Å². The van der Waals surface area contributed by atoms with Crippen LogP contribution < -0.4 is 10.6 Å². The Morgan fingerprint density at radius 1 is 0.775 bits per heavy atom. The molecule has 198 valence electrons. The average Bonchev–Trinajstić information content (AvgIpc) is 2.97. The molecule has 0 heterocycles. The van der Waals surface area contributed by atoms with Crippen LogP contribution in [0.3, 0.4) is 0 Å². The van der Waals surface area contributed by atoms with Gasteiger partial charge < -0.3 is 10.6 Å². The van der Waals surface area contributed by atoms with Crippen LogP contribution in [0.5, 0.6) is 0 Å². The van der Waals surface area contributed by atoms with Gasteiger partial charge in [0.2, 0.25) is 0 Å². The van der Waals surface area contributed by atoms with E-state index in [4.69, 9.17) is 11.6 Å². The van der Waals surface area contributed by atoms with E-state index in [9.17, 15) is 24.5 Å². The highest BCUT2D eigenvalue weighted by Gasteiger charge is 2.16. The normalized spacial score (nSPS) is 11.2. The van der Waals surface area contributed by atoms with Gasteiger partial charge in [-0.05, 0) is 84.0 Å². The summed E-state index contributed by atoms with van der Waals surface area (Å²) in [4.78, 5) is 49.0. The fraction of sp³-hybridized carbons (Fsp3) is 0. The second kappa shape index (κ2) is 12.9. The van der Waals surface area contributed by atoms with Crippen molar-refractivity contribution < 1.29 is 19.3 Å². The van der Waals surface area contributed by atoms with Crippen molar-refractivity contribution in [3.05, 3.63) is 152 Å². The summed E-state index contributed by atoms with van der Waals surface area (Å²) in [6.45, 7) is 0. The Labute approximate surface area is 234 Å². The average molecular weight is 552 g/mol. The second-order valence-corrected chi connectivity index (χ2v) is 8.88. The SMILES string of the molecule is O=C(Nc1ccc(C(=O)/C=C/c2ccccc2Cl)cc1)/C(=C/c1ccc([N+](=O)[O-])cc1)NC(=O)c1ccccc1. The maximum atomic E-state index is 13.2. The monoisotopic (exact) mass is 551 g/mol.